The van der Waals surface area contributed by atoms with Gasteiger partial charge in [-0.1, -0.05) is 76.8 Å². The summed E-state index contributed by atoms with van der Waals surface area (Å²) in [5.41, 5.74) is 0.280. The van der Waals surface area contributed by atoms with Gasteiger partial charge in [-0.25, -0.2) is 4.79 Å². The first-order chi connectivity index (χ1) is 29.5. The molecule has 4 aliphatic rings. The minimum absolute atomic E-state index is 0.139. The first-order valence-corrected chi connectivity index (χ1v) is 23.5. The second-order valence-electron chi connectivity index (χ2n) is 18.9. The number of carbonyl (C=O) groups is 3. The van der Waals surface area contributed by atoms with Gasteiger partial charge in [0.1, 0.15) is 18.1 Å². The summed E-state index contributed by atoms with van der Waals surface area (Å²) in [4.78, 5) is 53.3. The number of ketones is 1. The molecule has 2 aromatic rings. The first kappa shape index (κ1) is 47.8. The fourth-order valence-corrected chi connectivity index (χ4v) is 11.5. The van der Waals surface area contributed by atoms with E-state index in [1.807, 2.05) is 45.8 Å². The number of ether oxygens (including phenoxy) is 4. The zero-order chi connectivity index (χ0) is 44.9. The van der Waals surface area contributed by atoms with Crippen molar-refractivity contribution >= 4 is 34.9 Å². The van der Waals surface area contributed by atoms with E-state index in [9.17, 15) is 19.5 Å². The standard InChI is InChI=1S/C49H70N4O8S/c1-11-39-49(8)43-32(4)40(51-25-26-53(43)47(57)61-49)30(2)28-48(7,23-15-20-36-21-22-37(62-36)29-50-24-16-19-35-17-13-12-14-18-35)44(33(5)41(54)34(6)45(56)59-39)60-46-42(55)38(52(9)10)27-31(3)58-46/h12-14,17-18,21-22,30-34,38-39,42-44,46,50,55H,11,16,19,23-29H2,1-10H3/t30-,31-,32+,33+,34-,38+,39-,42-,43-,44-,46+,48+,49-/m1/s1. The van der Waals surface area contributed by atoms with Crippen molar-refractivity contribution in [2.45, 2.75) is 149 Å². The van der Waals surface area contributed by atoms with Crippen LogP contribution in [0.3, 0.4) is 0 Å². The van der Waals surface area contributed by atoms with Gasteiger partial charge in [-0.2, -0.15) is 0 Å². The van der Waals surface area contributed by atoms with Crippen molar-refractivity contribution in [1.82, 2.24) is 15.1 Å². The number of nitrogens with one attached hydrogen (secondary N) is 1. The molecule has 3 saturated heterocycles. The average molecular weight is 875 g/mol. The maximum atomic E-state index is 14.7. The number of hydrogen-bond donors (Lipinski definition) is 2. The molecular formula is C49H70N4O8S. The molecule has 2 N–H and O–H groups in total. The number of benzene rings is 1. The van der Waals surface area contributed by atoms with E-state index >= 15 is 0 Å². The molecule has 1 aromatic carbocycles. The highest BCUT2D eigenvalue weighted by atomic mass is 32.1. The summed E-state index contributed by atoms with van der Waals surface area (Å²) < 4.78 is 25.7. The van der Waals surface area contributed by atoms with Gasteiger partial charge >= 0.3 is 12.1 Å². The highest BCUT2D eigenvalue weighted by Crippen LogP contribution is 2.46. The van der Waals surface area contributed by atoms with Crippen LogP contribution >= 0.6 is 11.3 Å². The molecule has 1 amide bonds. The Bertz CT molecular complexity index is 1960. The molecule has 0 unspecified atom stereocenters. The quantitative estimate of drug-likeness (QED) is 0.106. The van der Waals surface area contributed by atoms with E-state index in [0.29, 0.717) is 38.8 Å². The third kappa shape index (κ3) is 10.5. The molecule has 5 heterocycles. The van der Waals surface area contributed by atoms with E-state index in [1.54, 1.807) is 30.1 Å². The number of amides is 1. The molecule has 13 atom stereocenters. The number of carbonyl (C=O) groups excluding carboxylic acids is 3. The van der Waals surface area contributed by atoms with Crippen LogP contribution in [0.15, 0.2) is 47.5 Å². The lowest BCUT2D eigenvalue weighted by atomic mass is 9.66. The Kier molecular flexibility index (Phi) is 15.8. The topological polar surface area (TPSA) is 139 Å². The minimum Gasteiger partial charge on any atom is -0.458 e. The van der Waals surface area contributed by atoms with Crippen molar-refractivity contribution in [3.05, 3.63) is 57.8 Å². The Labute approximate surface area is 373 Å². The minimum atomic E-state index is -1.17. The number of aliphatic imine (C=N–C) groups is 1. The monoisotopic (exact) mass is 874 g/mol. The largest absolute Gasteiger partial charge is 0.458 e. The van der Waals surface area contributed by atoms with Gasteiger partial charge in [-0.05, 0) is 97.1 Å². The van der Waals surface area contributed by atoms with Crippen LogP contribution in [0.4, 0.5) is 4.79 Å². The van der Waals surface area contributed by atoms with Gasteiger partial charge in [-0.3, -0.25) is 19.5 Å². The van der Waals surface area contributed by atoms with E-state index in [-0.39, 0.29) is 29.8 Å². The van der Waals surface area contributed by atoms with Crippen molar-refractivity contribution in [3.63, 3.8) is 0 Å². The lowest BCUT2D eigenvalue weighted by Gasteiger charge is -2.47. The first-order valence-electron chi connectivity index (χ1n) is 22.7. The molecule has 2 bridgehead atoms. The van der Waals surface area contributed by atoms with Gasteiger partial charge < -0.3 is 34.3 Å². The summed E-state index contributed by atoms with van der Waals surface area (Å²) in [6, 6.07) is 14.0. The fraction of sp³-hybridized carbons (Fsp3) is 0.673. The van der Waals surface area contributed by atoms with Crippen LogP contribution in [-0.2, 0) is 41.5 Å². The summed E-state index contributed by atoms with van der Waals surface area (Å²) in [6.45, 7) is 17.9. The summed E-state index contributed by atoms with van der Waals surface area (Å²) in [5.74, 6) is 3.55. The Morgan fingerprint density at radius 2 is 1.79 bits per heavy atom. The zero-order valence-electron chi connectivity index (χ0n) is 38.5. The molecule has 62 heavy (non-hydrogen) atoms. The molecule has 4 aliphatic heterocycles. The highest BCUT2D eigenvalue weighted by molar-refractivity contribution is 7.12. The molecular weight excluding hydrogens is 805 g/mol. The zero-order valence-corrected chi connectivity index (χ0v) is 39.3. The third-order valence-corrected chi connectivity index (χ3v) is 14.8. The van der Waals surface area contributed by atoms with Crippen LogP contribution < -0.4 is 5.32 Å². The van der Waals surface area contributed by atoms with Crippen molar-refractivity contribution < 1.29 is 38.4 Å². The second kappa shape index (κ2) is 20.5. The predicted molar refractivity (Wildman–Crippen MR) is 242 cm³/mol. The number of aliphatic hydroxyl groups is 1. The van der Waals surface area contributed by atoms with Gasteiger partial charge in [0.2, 0.25) is 0 Å². The number of esters is 1. The Hall–Kier alpha value is -3.64. The number of Topliss-reactive ketones (excluding diaryl/α,β-unsaturated/α-hetero) is 1. The van der Waals surface area contributed by atoms with Crippen LogP contribution in [0.1, 0.15) is 103 Å². The van der Waals surface area contributed by atoms with Crippen LogP contribution in [0.2, 0.25) is 0 Å². The maximum absolute atomic E-state index is 14.7. The number of nitrogens with zero attached hydrogens (tertiary/aromatic N) is 3. The second-order valence-corrected chi connectivity index (χ2v) is 20.1. The van der Waals surface area contributed by atoms with E-state index < -0.39 is 65.6 Å². The number of thiophene rings is 1. The van der Waals surface area contributed by atoms with E-state index in [4.69, 9.17) is 23.9 Å². The Morgan fingerprint density at radius 3 is 2.50 bits per heavy atom. The third-order valence-electron chi connectivity index (χ3n) is 13.8. The normalized spacial score (nSPS) is 35.6. The molecule has 340 valence electrons. The van der Waals surface area contributed by atoms with E-state index in [1.165, 1.54) is 10.4 Å². The fourth-order valence-electron chi connectivity index (χ4n) is 10.6. The van der Waals surface area contributed by atoms with Crippen molar-refractivity contribution in [1.29, 1.82) is 0 Å². The molecule has 13 heteroatoms. The van der Waals surface area contributed by atoms with Gasteiger partial charge in [-0.15, -0.1) is 11.3 Å². The number of likely N-dealkylation sites (N-methyl/N-ethyl adjacent to an activating group) is 1. The number of cyclic esters (lactones) is 1. The molecule has 0 aliphatic carbocycles. The number of fused-ring (bicyclic) bond motifs is 1. The van der Waals surface area contributed by atoms with Crippen LogP contribution in [-0.4, -0.2) is 121 Å². The average Bonchev–Trinajstić information content (AvgIpc) is 3.73. The molecule has 0 spiro atoms. The number of rotatable bonds is 11. The number of aryl methyl sites for hydroxylation is 1. The Balaban J connectivity index is 1.34. The maximum Gasteiger partial charge on any atom is 0.410 e. The van der Waals surface area contributed by atoms with E-state index in [2.05, 4.69) is 74.3 Å². The highest BCUT2D eigenvalue weighted by Gasteiger charge is 2.60. The summed E-state index contributed by atoms with van der Waals surface area (Å²) >= 11 is 1.66. The smallest absolute Gasteiger partial charge is 0.410 e. The predicted octanol–water partition coefficient (Wildman–Crippen LogP) is 6.90. The molecule has 1 aromatic heterocycles. The van der Waals surface area contributed by atoms with Gasteiger partial charge in [0, 0.05) is 53.4 Å². The lowest BCUT2D eigenvalue weighted by molar-refractivity contribution is -0.286. The number of hydrogen-bond acceptors (Lipinski definition) is 12. The van der Waals surface area contributed by atoms with Gasteiger partial charge in [0.25, 0.3) is 0 Å². The van der Waals surface area contributed by atoms with Crippen LogP contribution in [0.25, 0.3) is 0 Å². The summed E-state index contributed by atoms with van der Waals surface area (Å²) in [6.07, 6.45) is -0.404. The molecule has 0 saturated carbocycles. The Morgan fingerprint density at radius 1 is 1.05 bits per heavy atom. The summed E-state index contributed by atoms with van der Waals surface area (Å²) in [7, 11) is 3.85. The SMILES string of the molecule is CC[C@H]1OC(=O)[C@H](C)C(=O)[C@H](C)[C@@H](O[C@@H]2O[C@H](C)C[C@H](N(C)C)[C@H]2O)[C@@](C)(CC#Cc2ccc(CNCCCc3ccccc3)s2)C[C@@H](C)C2=NCCN3C(=O)O[C@@]1(C)[C@H]3[C@H]2C. The molecule has 6 rings (SSSR count). The van der Waals surface area contributed by atoms with Crippen LogP contribution in [0.5, 0.6) is 0 Å². The van der Waals surface area contributed by atoms with Crippen molar-refractivity contribution in [2.75, 3.05) is 33.7 Å². The molecule has 12 nitrogen and oxygen atoms in total. The number of aliphatic hydroxyl groups excluding tert-OH is 1. The van der Waals surface area contributed by atoms with Crippen molar-refractivity contribution in [3.8, 4) is 11.8 Å². The summed E-state index contributed by atoms with van der Waals surface area (Å²) in [5, 5.41) is 15.3. The molecule has 3 fully saturated rings. The lowest BCUT2D eigenvalue weighted by Crippen LogP contribution is -2.58. The van der Waals surface area contributed by atoms with Gasteiger partial charge in [0.15, 0.2) is 17.7 Å². The van der Waals surface area contributed by atoms with Crippen LogP contribution in [0, 0.1) is 40.9 Å². The van der Waals surface area contributed by atoms with Crippen molar-refractivity contribution in [2.24, 2.45) is 34.1 Å². The van der Waals surface area contributed by atoms with E-state index in [0.717, 1.165) is 36.5 Å². The van der Waals surface area contributed by atoms with Gasteiger partial charge in [0.05, 0.1) is 29.7 Å². The molecule has 0 radical (unpaired) electrons.